The summed E-state index contributed by atoms with van der Waals surface area (Å²) < 4.78 is 6.59. The molecule has 0 saturated heterocycles. The lowest BCUT2D eigenvalue weighted by Gasteiger charge is -2.13. The van der Waals surface area contributed by atoms with Crippen molar-refractivity contribution in [1.82, 2.24) is 14.9 Å². The fourth-order valence-electron chi connectivity index (χ4n) is 1.57. The van der Waals surface area contributed by atoms with Crippen LogP contribution in [-0.2, 0) is 5.41 Å². The van der Waals surface area contributed by atoms with E-state index >= 15 is 0 Å². The van der Waals surface area contributed by atoms with Crippen LogP contribution in [0, 0.1) is 5.92 Å². The van der Waals surface area contributed by atoms with E-state index in [4.69, 9.17) is 4.74 Å². The maximum Gasteiger partial charge on any atom is 0.329 e. The number of amides is 1. The minimum atomic E-state index is -0.194. The molecule has 19 heavy (non-hydrogen) atoms. The highest BCUT2D eigenvalue weighted by atomic mass is 16.5. The Morgan fingerprint density at radius 2 is 2.11 bits per heavy atom. The maximum absolute atomic E-state index is 12.1. The van der Waals surface area contributed by atoms with Gasteiger partial charge in [0.05, 0.1) is 12.8 Å². The SMILES string of the molecule is COc1nc(C(C)(C)C)cn1C(=O)NCCC(C)C. The number of hydrogen-bond acceptors (Lipinski definition) is 3. The van der Waals surface area contributed by atoms with Gasteiger partial charge in [0.25, 0.3) is 0 Å². The lowest BCUT2D eigenvalue weighted by molar-refractivity contribution is 0.237. The molecular formula is C14H25N3O2. The molecule has 1 aromatic rings. The molecule has 0 atom stereocenters. The van der Waals surface area contributed by atoms with Gasteiger partial charge >= 0.3 is 12.0 Å². The van der Waals surface area contributed by atoms with Crippen LogP contribution in [0.2, 0.25) is 0 Å². The zero-order valence-electron chi connectivity index (χ0n) is 12.8. The van der Waals surface area contributed by atoms with Crippen LogP contribution in [-0.4, -0.2) is 29.2 Å². The van der Waals surface area contributed by atoms with Gasteiger partial charge in [-0.3, -0.25) is 0 Å². The van der Waals surface area contributed by atoms with E-state index in [0.29, 0.717) is 18.5 Å². The van der Waals surface area contributed by atoms with E-state index in [9.17, 15) is 4.79 Å². The summed E-state index contributed by atoms with van der Waals surface area (Å²) in [6.07, 6.45) is 2.69. The monoisotopic (exact) mass is 267 g/mol. The van der Waals surface area contributed by atoms with Gasteiger partial charge in [0.1, 0.15) is 0 Å². The number of carbonyl (C=O) groups excluding carboxylic acids is 1. The number of imidazole rings is 1. The fourth-order valence-corrected chi connectivity index (χ4v) is 1.57. The number of hydrogen-bond donors (Lipinski definition) is 1. The van der Waals surface area contributed by atoms with Crippen molar-refractivity contribution in [2.24, 2.45) is 5.92 Å². The third-order valence-corrected chi connectivity index (χ3v) is 2.84. The summed E-state index contributed by atoms with van der Waals surface area (Å²) in [5.41, 5.74) is 0.722. The minimum Gasteiger partial charge on any atom is -0.468 e. The molecule has 0 fully saturated rings. The van der Waals surface area contributed by atoms with Crippen molar-refractivity contribution in [2.45, 2.75) is 46.5 Å². The smallest absolute Gasteiger partial charge is 0.329 e. The minimum absolute atomic E-state index is 0.114. The molecule has 0 aliphatic heterocycles. The normalized spacial score (nSPS) is 11.7. The van der Waals surface area contributed by atoms with Crippen LogP contribution in [0.4, 0.5) is 4.79 Å². The second-order valence-electron chi connectivity index (χ2n) is 6.15. The van der Waals surface area contributed by atoms with Crippen LogP contribution < -0.4 is 10.1 Å². The molecule has 1 aromatic heterocycles. The molecule has 0 unspecified atom stereocenters. The van der Waals surface area contributed by atoms with Crippen LogP contribution >= 0.6 is 0 Å². The Morgan fingerprint density at radius 1 is 1.47 bits per heavy atom. The fraction of sp³-hybridized carbons (Fsp3) is 0.714. The van der Waals surface area contributed by atoms with E-state index in [1.807, 2.05) is 0 Å². The summed E-state index contributed by atoms with van der Waals surface area (Å²) in [5.74, 6) is 0.565. The van der Waals surface area contributed by atoms with E-state index in [1.54, 1.807) is 6.20 Å². The van der Waals surface area contributed by atoms with Crippen molar-refractivity contribution < 1.29 is 9.53 Å². The summed E-state index contributed by atoms with van der Waals surface area (Å²) in [4.78, 5) is 16.4. The van der Waals surface area contributed by atoms with E-state index < -0.39 is 0 Å². The highest BCUT2D eigenvalue weighted by Gasteiger charge is 2.22. The van der Waals surface area contributed by atoms with Gasteiger partial charge in [-0.25, -0.2) is 9.36 Å². The number of carbonyl (C=O) groups is 1. The standard InChI is InChI=1S/C14H25N3O2/c1-10(2)7-8-15-12(18)17-9-11(14(3,4)5)16-13(17)19-6/h9-10H,7-8H2,1-6H3,(H,15,18). The second-order valence-corrected chi connectivity index (χ2v) is 6.15. The van der Waals surface area contributed by atoms with E-state index in [2.05, 4.69) is 44.9 Å². The molecular weight excluding hydrogens is 242 g/mol. The first-order valence-electron chi connectivity index (χ1n) is 6.67. The summed E-state index contributed by atoms with van der Waals surface area (Å²) in [6, 6.07) is 0.132. The van der Waals surface area contributed by atoms with Gasteiger partial charge in [0, 0.05) is 18.2 Å². The molecule has 0 aromatic carbocycles. The van der Waals surface area contributed by atoms with Gasteiger partial charge < -0.3 is 10.1 Å². The third-order valence-electron chi connectivity index (χ3n) is 2.84. The van der Waals surface area contributed by atoms with Crippen LogP contribution in [0.5, 0.6) is 6.01 Å². The Kier molecular flexibility index (Phi) is 4.97. The average Bonchev–Trinajstić information content (AvgIpc) is 2.71. The summed E-state index contributed by atoms with van der Waals surface area (Å²) in [7, 11) is 1.52. The van der Waals surface area contributed by atoms with E-state index in [1.165, 1.54) is 11.7 Å². The number of nitrogens with one attached hydrogen (secondary N) is 1. The summed E-state index contributed by atoms with van der Waals surface area (Å²) in [6.45, 7) is 11.1. The van der Waals surface area contributed by atoms with E-state index in [0.717, 1.165) is 12.1 Å². The van der Waals surface area contributed by atoms with Crippen LogP contribution in [0.25, 0.3) is 0 Å². The van der Waals surface area contributed by atoms with Crippen molar-refractivity contribution in [3.63, 3.8) is 0 Å². The number of nitrogens with zero attached hydrogens (tertiary/aromatic N) is 2. The van der Waals surface area contributed by atoms with Crippen LogP contribution in [0.3, 0.4) is 0 Å². The molecule has 1 N–H and O–H groups in total. The molecule has 1 amide bonds. The molecule has 0 aliphatic carbocycles. The van der Waals surface area contributed by atoms with E-state index in [-0.39, 0.29) is 11.4 Å². The summed E-state index contributed by atoms with van der Waals surface area (Å²) in [5, 5.41) is 2.87. The largest absolute Gasteiger partial charge is 0.468 e. The molecule has 0 bridgehead atoms. The topological polar surface area (TPSA) is 56.2 Å². The van der Waals surface area contributed by atoms with Crippen LogP contribution in [0.15, 0.2) is 6.20 Å². The van der Waals surface area contributed by atoms with Gasteiger partial charge in [0.15, 0.2) is 0 Å². The predicted octanol–water partition coefficient (Wildman–Crippen LogP) is 2.79. The second kappa shape index (κ2) is 6.08. The van der Waals surface area contributed by atoms with Gasteiger partial charge in [-0.05, 0) is 12.3 Å². The highest BCUT2D eigenvalue weighted by molar-refractivity contribution is 5.78. The van der Waals surface area contributed by atoms with Crippen LogP contribution in [0.1, 0.15) is 46.7 Å². The molecule has 0 aliphatic rings. The van der Waals surface area contributed by atoms with Gasteiger partial charge in [-0.2, -0.15) is 4.98 Å². The van der Waals surface area contributed by atoms with Crippen molar-refractivity contribution in [3.8, 4) is 6.01 Å². The quantitative estimate of drug-likeness (QED) is 0.912. The first-order valence-corrected chi connectivity index (χ1v) is 6.67. The Labute approximate surface area is 115 Å². The Bertz CT molecular complexity index is 430. The van der Waals surface area contributed by atoms with Crippen molar-refractivity contribution >= 4 is 6.03 Å². The summed E-state index contributed by atoms with van der Waals surface area (Å²) >= 11 is 0. The zero-order chi connectivity index (χ0) is 14.6. The molecule has 5 heteroatoms. The van der Waals surface area contributed by atoms with Gasteiger partial charge in [-0.1, -0.05) is 34.6 Å². The Morgan fingerprint density at radius 3 is 2.58 bits per heavy atom. The molecule has 108 valence electrons. The van der Waals surface area contributed by atoms with Crippen molar-refractivity contribution in [1.29, 1.82) is 0 Å². The van der Waals surface area contributed by atoms with Gasteiger partial charge in [0.2, 0.25) is 0 Å². The highest BCUT2D eigenvalue weighted by Crippen LogP contribution is 2.23. The number of methoxy groups -OCH3 is 1. The molecule has 0 spiro atoms. The lowest BCUT2D eigenvalue weighted by Crippen LogP contribution is -2.30. The number of aromatic nitrogens is 2. The lowest BCUT2D eigenvalue weighted by atomic mass is 9.93. The molecule has 1 rings (SSSR count). The molecule has 0 saturated carbocycles. The first-order chi connectivity index (χ1) is 8.75. The van der Waals surface area contributed by atoms with Gasteiger partial charge in [-0.15, -0.1) is 0 Å². The number of ether oxygens (including phenoxy) is 1. The zero-order valence-corrected chi connectivity index (χ0v) is 12.8. The van der Waals surface area contributed by atoms with Crippen molar-refractivity contribution in [2.75, 3.05) is 13.7 Å². The molecule has 5 nitrogen and oxygen atoms in total. The first kappa shape index (κ1) is 15.5. The average molecular weight is 267 g/mol. The maximum atomic E-state index is 12.1. The van der Waals surface area contributed by atoms with Crippen molar-refractivity contribution in [3.05, 3.63) is 11.9 Å². The number of rotatable bonds is 4. The third kappa shape index (κ3) is 4.26. The Balaban J connectivity index is 2.81. The Hall–Kier alpha value is -1.52. The predicted molar refractivity (Wildman–Crippen MR) is 75.7 cm³/mol. The molecule has 1 heterocycles. The molecule has 0 radical (unpaired) electrons.